The molecule has 0 unspecified atom stereocenters. The number of benzene rings is 3. The van der Waals surface area contributed by atoms with E-state index in [1.165, 1.54) is 0 Å². The summed E-state index contributed by atoms with van der Waals surface area (Å²) in [6, 6.07) is 22.5. The van der Waals surface area contributed by atoms with Gasteiger partial charge in [-0.15, -0.1) is 0 Å². The van der Waals surface area contributed by atoms with Crippen LogP contribution in [0.25, 0.3) is 0 Å². The predicted octanol–water partition coefficient (Wildman–Crippen LogP) is 6.26. The first kappa shape index (κ1) is 33.3. The Bertz CT molecular complexity index is 1440. The summed E-state index contributed by atoms with van der Waals surface area (Å²) in [5.74, 6) is -0.927. The molecule has 0 aliphatic heterocycles. The Hall–Kier alpha value is -5.19. The summed E-state index contributed by atoms with van der Waals surface area (Å²) in [5, 5.41) is 7.62. The summed E-state index contributed by atoms with van der Waals surface area (Å²) in [6.07, 6.45) is -1.53. The lowest BCUT2D eigenvalue weighted by Crippen LogP contribution is -2.47. The molecule has 11 heteroatoms. The SMILES string of the molecule is CC(C)(C)OC(=O)NC(=Nc1ccc(C(=O)Nc2ccc(CC(=O)OCc3ccccc3)cc2)cc1)NC(=O)OC(C)(C)C. The number of alkyl carbamates (subject to hydrolysis) is 2. The normalized spacial score (nSPS) is 11.0. The maximum Gasteiger partial charge on any atom is 0.414 e. The maximum absolute atomic E-state index is 12.8. The van der Waals surface area contributed by atoms with Crippen molar-refractivity contribution >= 4 is 41.4 Å². The number of amides is 3. The van der Waals surface area contributed by atoms with Crippen molar-refractivity contribution in [3.8, 4) is 0 Å². The fraction of sp³-hybridized carbons (Fsp3) is 0.303. The number of nitrogens with one attached hydrogen (secondary N) is 3. The molecule has 0 aliphatic rings. The van der Waals surface area contributed by atoms with Crippen molar-refractivity contribution < 1.29 is 33.4 Å². The standard InChI is InChI=1S/C33H38N4O7/c1-32(2,3)43-30(40)36-29(37-31(41)44-33(4,5)6)35-26-18-14-24(15-19-26)28(39)34-25-16-12-22(13-17-25)20-27(38)42-21-23-10-8-7-9-11-23/h7-19H,20-21H2,1-6H3,(H,34,39)(H2,35,36,37,40,41). The minimum absolute atomic E-state index is 0.108. The number of rotatable bonds is 7. The molecule has 3 aromatic carbocycles. The zero-order chi connectivity index (χ0) is 32.3. The Morgan fingerprint density at radius 2 is 1.23 bits per heavy atom. The van der Waals surface area contributed by atoms with Crippen molar-refractivity contribution in [2.24, 2.45) is 4.99 Å². The zero-order valence-corrected chi connectivity index (χ0v) is 25.7. The molecule has 0 aromatic heterocycles. The lowest BCUT2D eigenvalue weighted by atomic mass is 10.1. The van der Waals surface area contributed by atoms with Crippen LogP contribution < -0.4 is 16.0 Å². The molecule has 3 rings (SSSR count). The zero-order valence-electron chi connectivity index (χ0n) is 25.7. The van der Waals surface area contributed by atoms with Crippen molar-refractivity contribution in [3.63, 3.8) is 0 Å². The maximum atomic E-state index is 12.8. The number of guanidine groups is 1. The Morgan fingerprint density at radius 3 is 1.75 bits per heavy atom. The van der Waals surface area contributed by atoms with E-state index in [-0.39, 0.29) is 30.9 Å². The molecule has 0 atom stereocenters. The number of anilines is 1. The van der Waals surface area contributed by atoms with E-state index in [9.17, 15) is 19.2 Å². The van der Waals surface area contributed by atoms with Crippen LogP contribution in [0.15, 0.2) is 83.9 Å². The average Bonchev–Trinajstić information content (AvgIpc) is 2.92. The number of ether oxygens (including phenoxy) is 3. The summed E-state index contributed by atoms with van der Waals surface area (Å²) in [4.78, 5) is 53.9. The number of nitrogens with zero attached hydrogens (tertiary/aromatic N) is 1. The lowest BCUT2D eigenvalue weighted by Gasteiger charge is -2.22. The van der Waals surface area contributed by atoms with Crippen LogP contribution in [0, 0.1) is 0 Å². The smallest absolute Gasteiger partial charge is 0.414 e. The number of aliphatic imine (C=N–C) groups is 1. The molecule has 0 bridgehead atoms. The highest BCUT2D eigenvalue weighted by Crippen LogP contribution is 2.17. The number of hydrogen-bond acceptors (Lipinski definition) is 8. The first-order chi connectivity index (χ1) is 20.6. The van der Waals surface area contributed by atoms with Gasteiger partial charge in [0, 0.05) is 11.3 Å². The molecule has 0 aliphatic carbocycles. The second-order valence-corrected chi connectivity index (χ2v) is 11.7. The number of esters is 1. The van der Waals surface area contributed by atoms with Crippen LogP contribution in [0.2, 0.25) is 0 Å². The first-order valence-electron chi connectivity index (χ1n) is 13.9. The topological polar surface area (TPSA) is 144 Å². The number of carbonyl (C=O) groups excluding carboxylic acids is 4. The third kappa shape index (κ3) is 12.4. The molecule has 3 aromatic rings. The van der Waals surface area contributed by atoms with Gasteiger partial charge in [0.2, 0.25) is 5.96 Å². The van der Waals surface area contributed by atoms with Gasteiger partial charge in [-0.1, -0.05) is 42.5 Å². The molecule has 3 N–H and O–H groups in total. The van der Waals surface area contributed by atoms with Crippen LogP contribution >= 0.6 is 0 Å². The van der Waals surface area contributed by atoms with Crippen LogP contribution in [0.3, 0.4) is 0 Å². The Morgan fingerprint density at radius 1 is 0.682 bits per heavy atom. The van der Waals surface area contributed by atoms with E-state index >= 15 is 0 Å². The summed E-state index contributed by atoms with van der Waals surface area (Å²) in [5.41, 5.74) is 1.35. The Kier molecular flexibility index (Phi) is 11.2. The molecule has 0 heterocycles. The molecule has 0 spiro atoms. The van der Waals surface area contributed by atoms with Crippen LogP contribution in [-0.4, -0.2) is 41.2 Å². The van der Waals surface area contributed by atoms with E-state index in [2.05, 4.69) is 20.9 Å². The van der Waals surface area contributed by atoms with Gasteiger partial charge in [-0.25, -0.2) is 14.6 Å². The van der Waals surface area contributed by atoms with Gasteiger partial charge in [-0.2, -0.15) is 0 Å². The van der Waals surface area contributed by atoms with E-state index in [1.807, 2.05) is 30.3 Å². The third-order valence-corrected chi connectivity index (χ3v) is 5.41. The van der Waals surface area contributed by atoms with Crippen molar-refractivity contribution in [3.05, 3.63) is 95.6 Å². The molecule has 0 fully saturated rings. The van der Waals surface area contributed by atoms with Gasteiger partial charge in [0.1, 0.15) is 17.8 Å². The molecule has 44 heavy (non-hydrogen) atoms. The molecule has 232 valence electrons. The van der Waals surface area contributed by atoms with E-state index in [1.54, 1.807) is 90.1 Å². The Labute approximate surface area is 257 Å². The van der Waals surface area contributed by atoms with Crippen LogP contribution in [0.5, 0.6) is 0 Å². The molecule has 0 saturated heterocycles. The molecular formula is C33H38N4O7. The minimum atomic E-state index is -0.821. The van der Waals surface area contributed by atoms with Gasteiger partial charge in [-0.05, 0) is 89.1 Å². The highest BCUT2D eigenvalue weighted by Gasteiger charge is 2.21. The minimum Gasteiger partial charge on any atom is -0.461 e. The highest BCUT2D eigenvalue weighted by atomic mass is 16.6. The monoisotopic (exact) mass is 602 g/mol. The van der Waals surface area contributed by atoms with Gasteiger partial charge >= 0.3 is 18.2 Å². The second kappa shape index (κ2) is 14.8. The predicted molar refractivity (Wildman–Crippen MR) is 167 cm³/mol. The second-order valence-electron chi connectivity index (χ2n) is 11.7. The van der Waals surface area contributed by atoms with Crippen molar-refractivity contribution in [2.45, 2.75) is 65.8 Å². The number of carbonyl (C=O) groups is 4. The molecular weight excluding hydrogens is 564 g/mol. The number of hydrogen-bond donors (Lipinski definition) is 3. The highest BCUT2D eigenvalue weighted by molar-refractivity contribution is 6.05. The van der Waals surface area contributed by atoms with Gasteiger partial charge in [-0.3, -0.25) is 20.2 Å². The van der Waals surface area contributed by atoms with Gasteiger partial charge in [0.15, 0.2) is 0 Å². The fourth-order valence-corrected chi connectivity index (χ4v) is 3.57. The van der Waals surface area contributed by atoms with E-state index in [4.69, 9.17) is 14.2 Å². The van der Waals surface area contributed by atoms with Crippen LogP contribution in [0.1, 0.15) is 63.0 Å². The van der Waals surface area contributed by atoms with Gasteiger partial charge in [0.25, 0.3) is 5.91 Å². The fourth-order valence-electron chi connectivity index (χ4n) is 3.57. The molecule has 0 radical (unpaired) electrons. The van der Waals surface area contributed by atoms with Crippen LogP contribution in [-0.2, 0) is 32.0 Å². The summed E-state index contributed by atoms with van der Waals surface area (Å²) in [6.45, 7) is 10.4. The Balaban J connectivity index is 1.60. The van der Waals surface area contributed by atoms with Crippen molar-refractivity contribution in [1.82, 2.24) is 10.6 Å². The summed E-state index contributed by atoms with van der Waals surface area (Å²) in [7, 11) is 0. The summed E-state index contributed by atoms with van der Waals surface area (Å²) < 4.78 is 15.8. The third-order valence-electron chi connectivity index (χ3n) is 5.41. The van der Waals surface area contributed by atoms with E-state index in [0.29, 0.717) is 16.9 Å². The van der Waals surface area contributed by atoms with Crippen molar-refractivity contribution in [2.75, 3.05) is 5.32 Å². The lowest BCUT2D eigenvalue weighted by molar-refractivity contribution is -0.144. The van der Waals surface area contributed by atoms with Gasteiger partial charge < -0.3 is 19.5 Å². The van der Waals surface area contributed by atoms with Crippen LogP contribution in [0.4, 0.5) is 21.0 Å². The molecule has 11 nitrogen and oxygen atoms in total. The average molecular weight is 603 g/mol. The van der Waals surface area contributed by atoms with E-state index < -0.39 is 23.4 Å². The largest absolute Gasteiger partial charge is 0.461 e. The van der Waals surface area contributed by atoms with Gasteiger partial charge in [0.05, 0.1) is 12.1 Å². The van der Waals surface area contributed by atoms with Crippen molar-refractivity contribution in [1.29, 1.82) is 0 Å². The summed E-state index contributed by atoms with van der Waals surface area (Å²) >= 11 is 0. The van der Waals surface area contributed by atoms with E-state index in [0.717, 1.165) is 11.1 Å². The molecule has 3 amide bonds. The first-order valence-corrected chi connectivity index (χ1v) is 13.9. The quantitative estimate of drug-likeness (QED) is 0.125. The molecule has 0 saturated carbocycles.